The SMILES string of the molecule is CCN(c1ncnc2sc3c(c12)CCNC3)[C@@H]1CCOC(C)(C)C1. The quantitative estimate of drug-likeness (QED) is 0.925. The summed E-state index contributed by atoms with van der Waals surface area (Å²) in [6.07, 6.45) is 4.92. The molecule has 0 spiro atoms. The normalized spacial score (nSPS) is 23.2. The Bertz CT molecular complexity index is 742. The highest BCUT2D eigenvalue weighted by molar-refractivity contribution is 7.19. The second-order valence-electron chi connectivity index (χ2n) is 7.35. The average Bonchev–Trinajstić information content (AvgIpc) is 2.94. The van der Waals surface area contributed by atoms with Crippen LogP contribution in [-0.4, -0.2) is 41.3 Å². The number of thiophene rings is 1. The van der Waals surface area contributed by atoms with Crippen LogP contribution in [0, 0.1) is 0 Å². The molecule has 4 heterocycles. The molecule has 0 aromatic carbocycles. The van der Waals surface area contributed by atoms with Crippen molar-refractivity contribution in [1.82, 2.24) is 15.3 Å². The molecule has 1 atom stereocenters. The van der Waals surface area contributed by atoms with Gasteiger partial charge in [-0.05, 0) is 52.1 Å². The van der Waals surface area contributed by atoms with Crippen molar-refractivity contribution in [2.75, 3.05) is 24.6 Å². The van der Waals surface area contributed by atoms with E-state index >= 15 is 0 Å². The van der Waals surface area contributed by atoms with E-state index in [0.717, 1.165) is 56.2 Å². The molecule has 4 rings (SSSR count). The van der Waals surface area contributed by atoms with E-state index in [4.69, 9.17) is 9.72 Å². The zero-order valence-electron chi connectivity index (χ0n) is 14.8. The summed E-state index contributed by atoms with van der Waals surface area (Å²) >= 11 is 1.82. The highest BCUT2D eigenvalue weighted by Crippen LogP contribution is 2.39. The number of nitrogens with one attached hydrogen (secondary N) is 1. The van der Waals surface area contributed by atoms with E-state index in [1.54, 1.807) is 6.33 Å². The number of hydrogen-bond donors (Lipinski definition) is 1. The Hall–Kier alpha value is -1.24. The summed E-state index contributed by atoms with van der Waals surface area (Å²) in [6, 6.07) is 0.481. The van der Waals surface area contributed by atoms with Gasteiger partial charge in [-0.1, -0.05) is 0 Å². The first kappa shape index (κ1) is 16.2. The third-order valence-corrected chi connectivity index (χ3v) is 6.35. The molecule has 6 heteroatoms. The van der Waals surface area contributed by atoms with Crippen LogP contribution in [0.15, 0.2) is 6.33 Å². The zero-order valence-corrected chi connectivity index (χ0v) is 15.6. The maximum Gasteiger partial charge on any atom is 0.141 e. The number of fused-ring (bicyclic) bond motifs is 3. The van der Waals surface area contributed by atoms with Crippen molar-refractivity contribution in [2.24, 2.45) is 0 Å². The molecule has 1 saturated heterocycles. The fraction of sp³-hybridized carbons (Fsp3) is 0.667. The highest BCUT2D eigenvalue weighted by atomic mass is 32.1. The van der Waals surface area contributed by atoms with Gasteiger partial charge in [0.05, 0.1) is 11.0 Å². The van der Waals surface area contributed by atoms with Crippen LogP contribution in [0.1, 0.15) is 44.1 Å². The summed E-state index contributed by atoms with van der Waals surface area (Å²) in [5.41, 5.74) is 1.41. The molecule has 1 N–H and O–H groups in total. The Kier molecular flexibility index (Phi) is 4.22. The van der Waals surface area contributed by atoms with Crippen molar-refractivity contribution in [3.05, 3.63) is 16.8 Å². The Morgan fingerprint density at radius 3 is 3.08 bits per heavy atom. The van der Waals surface area contributed by atoms with Crippen LogP contribution < -0.4 is 10.2 Å². The highest BCUT2D eigenvalue weighted by Gasteiger charge is 2.33. The number of anilines is 1. The number of aromatic nitrogens is 2. The van der Waals surface area contributed by atoms with Crippen LogP contribution in [0.25, 0.3) is 10.2 Å². The first-order valence-electron chi connectivity index (χ1n) is 8.95. The van der Waals surface area contributed by atoms with Gasteiger partial charge in [-0.25, -0.2) is 9.97 Å². The van der Waals surface area contributed by atoms with Crippen LogP contribution in [0.5, 0.6) is 0 Å². The van der Waals surface area contributed by atoms with Gasteiger partial charge in [0.15, 0.2) is 0 Å². The molecule has 1 fully saturated rings. The second kappa shape index (κ2) is 6.24. The maximum atomic E-state index is 5.92. The second-order valence-corrected chi connectivity index (χ2v) is 8.43. The number of rotatable bonds is 3. The Morgan fingerprint density at radius 2 is 2.29 bits per heavy atom. The van der Waals surface area contributed by atoms with Crippen molar-refractivity contribution >= 4 is 27.4 Å². The van der Waals surface area contributed by atoms with E-state index in [1.807, 2.05) is 11.3 Å². The molecule has 24 heavy (non-hydrogen) atoms. The predicted octanol–water partition coefficient (Wildman–Crippen LogP) is 3.12. The van der Waals surface area contributed by atoms with Crippen molar-refractivity contribution in [1.29, 1.82) is 0 Å². The fourth-order valence-electron chi connectivity index (χ4n) is 4.11. The lowest BCUT2D eigenvalue weighted by Gasteiger charge is -2.41. The van der Waals surface area contributed by atoms with Gasteiger partial charge in [-0.15, -0.1) is 11.3 Å². The van der Waals surface area contributed by atoms with E-state index in [-0.39, 0.29) is 5.60 Å². The van der Waals surface area contributed by atoms with Gasteiger partial charge in [0, 0.05) is 30.6 Å². The number of ether oxygens (including phenoxy) is 1. The molecule has 2 aromatic rings. The van der Waals surface area contributed by atoms with Gasteiger partial charge >= 0.3 is 0 Å². The van der Waals surface area contributed by atoms with Crippen LogP contribution in [0.4, 0.5) is 5.82 Å². The fourth-order valence-corrected chi connectivity index (χ4v) is 5.26. The van der Waals surface area contributed by atoms with Crippen molar-refractivity contribution in [3.8, 4) is 0 Å². The zero-order chi connectivity index (χ0) is 16.7. The molecule has 2 aromatic heterocycles. The molecule has 5 nitrogen and oxygen atoms in total. The van der Waals surface area contributed by atoms with Crippen LogP contribution in [0.3, 0.4) is 0 Å². The monoisotopic (exact) mass is 346 g/mol. The third-order valence-electron chi connectivity index (χ3n) is 5.21. The van der Waals surface area contributed by atoms with Crippen molar-refractivity contribution < 1.29 is 4.74 Å². The number of nitrogens with zero attached hydrogens (tertiary/aromatic N) is 3. The molecule has 0 aliphatic carbocycles. The predicted molar refractivity (Wildman–Crippen MR) is 98.9 cm³/mol. The molecule has 0 amide bonds. The van der Waals surface area contributed by atoms with Gasteiger partial charge in [0.1, 0.15) is 17.0 Å². The number of hydrogen-bond acceptors (Lipinski definition) is 6. The van der Waals surface area contributed by atoms with Crippen LogP contribution in [-0.2, 0) is 17.7 Å². The molecular weight excluding hydrogens is 320 g/mol. The molecule has 2 aliphatic rings. The molecule has 0 bridgehead atoms. The van der Waals surface area contributed by atoms with Gasteiger partial charge in [-0.3, -0.25) is 0 Å². The van der Waals surface area contributed by atoms with Gasteiger partial charge in [0.25, 0.3) is 0 Å². The first-order chi connectivity index (χ1) is 11.6. The third kappa shape index (κ3) is 2.80. The molecule has 130 valence electrons. The summed E-state index contributed by atoms with van der Waals surface area (Å²) in [6.45, 7) is 10.4. The average molecular weight is 347 g/mol. The van der Waals surface area contributed by atoms with Gasteiger partial charge in [0.2, 0.25) is 0 Å². The van der Waals surface area contributed by atoms with E-state index < -0.39 is 0 Å². The Labute approximate surface area is 147 Å². The first-order valence-corrected chi connectivity index (χ1v) is 9.77. The lowest BCUT2D eigenvalue weighted by Crippen LogP contribution is -2.46. The summed E-state index contributed by atoms with van der Waals surface area (Å²) in [5, 5.41) is 4.77. The largest absolute Gasteiger partial charge is 0.375 e. The molecule has 0 radical (unpaired) electrons. The van der Waals surface area contributed by atoms with E-state index in [9.17, 15) is 0 Å². The molecule has 0 unspecified atom stereocenters. The molecular formula is C18H26N4OS. The summed E-state index contributed by atoms with van der Waals surface area (Å²) in [5.74, 6) is 1.13. The lowest BCUT2D eigenvalue weighted by atomic mass is 9.92. The minimum absolute atomic E-state index is 0.0551. The van der Waals surface area contributed by atoms with Gasteiger partial charge < -0.3 is 15.0 Å². The summed E-state index contributed by atoms with van der Waals surface area (Å²) in [7, 11) is 0. The van der Waals surface area contributed by atoms with E-state index in [1.165, 1.54) is 15.8 Å². The van der Waals surface area contributed by atoms with E-state index in [2.05, 4.69) is 36.0 Å². The topological polar surface area (TPSA) is 50.3 Å². The van der Waals surface area contributed by atoms with Crippen molar-refractivity contribution in [3.63, 3.8) is 0 Å². The smallest absolute Gasteiger partial charge is 0.141 e. The molecule has 0 saturated carbocycles. The van der Waals surface area contributed by atoms with Crippen LogP contribution in [0.2, 0.25) is 0 Å². The van der Waals surface area contributed by atoms with Crippen LogP contribution >= 0.6 is 11.3 Å². The standard InChI is InChI=1S/C18H26N4OS/c1-4-22(12-6-8-23-18(2,3)9-12)16-15-13-5-7-19-10-14(13)24-17(15)21-11-20-16/h11-12,19H,4-10H2,1-3H3/t12-/m1/s1. The minimum atomic E-state index is -0.0551. The van der Waals surface area contributed by atoms with Gasteiger partial charge in [-0.2, -0.15) is 0 Å². The van der Waals surface area contributed by atoms with E-state index in [0.29, 0.717) is 6.04 Å². The Morgan fingerprint density at radius 1 is 1.42 bits per heavy atom. The Balaban J connectivity index is 1.78. The molecule has 2 aliphatic heterocycles. The maximum absolute atomic E-state index is 5.92. The summed E-state index contributed by atoms with van der Waals surface area (Å²) in [4.78, 5) is 14.4. The summed E-state index contributed by atoms with van der Waals surface area (Å²) < 4.78 is 5.92. The minimum Gasteiger partial charge on any atom is -0.375 e. The lowest BCUT2D eigenvalue weighted by molar-refractivity contribution is -0.0588. The van der Waals surface area contributed by atoms with Crippen molar-refractivity contribution in [2.45, 2.75) is 58.2 Å².